The largest absolute Gasteiger partial charge is 0.396 e. The normalized spacial score (nSPS) is 12.9. The molecule has 1 rings (SSSR count). The van der Waals surface area contributed by atoms with Crippen LogP contribution in [0.25, 0.3) is 0 Å². The predicted molar refractivity (Wildman–Crippen MR) is 56.4 cm³/mol. The molecule has 3 nitrogen and oxygen atoms in total. The van der Waals surface area contributed by atoms with E-state index in [1.807, 2.05) is 0 Å². The molecule has 0 saturated heterocycles. The van der Waals surface area contributed by atoms with Crippen LogP contribution in [0.2, 0.25) is 5.02 Å². The Morgan fingerprint density at radius 3 is 2.73 bits per heavy atom. The van der Waals surface area contributed by atoms with Crippen LogP contribution >= 0.6 is 11.6 Å². The third-order valence-electron chi connectivity index (χ3n) is 1.85. The van der Waals surface area contributed by atoms with Gasteiger partial charge in [0.2, 0.25) is 0 Å². The number of rotatable bonds is 4. The van der Waals surface area contributed by atoms with E-state index in [4.69, 9.17) is 22.4 Å². The lowest BCUT2D eigenvalue weighted by molar-refractivity contribution is 0.00385. The number of hydrogen-bond donors (Lipinski definition) is 3. The fourth-order valence-electron chi connectivity index (χ4n) is 0.995. The van der Waals surface area contributed by atoms with Crippen molar-refractivity contribution >= 4 is 23.0 Å². The number of anilines is 2. The number of aliphatic hydroxyl groups is 1. The molecule has 0 fully saturated rings. The Balaban J connectivity index is 2.62. The second-order valence-electron chi connectivity index (χ2n) is 2.98. The summed E-state index contributed by atoms with van der Waals surface area (Å²) in [5.74, 6) is 0. The lowest BCUT2D eigenvalue weighted by Gasteiger charge is -2.13. The first-order valence-corrected chi connectivity index (χ1v) is 4.64. The molecule has 0 amide bonds. The van der Waals surface area contributed by atoms with Gasteiger partial charge in [-0.2, -0.15) is 0 Å². The number of benzene rings is 1. The quantitative estimate of drug-likeness (QED) is 0.701. The molecule has 0 aliphatic rings. The van der Waals surface area contributed by atoms with Gasteiger partial charge in [0.25, 0.3) is 6.43 Å². The molecule has 0 saturated carbocycles. The summed E-state index contributed by atoms with van der Waals surface area (Å²) in [6.07, 6.45) is -4.50. The van der Waals surface area contributed by atoms with Crippen LogP contribution < -0.4 is 11.1 Å². The second-order valence-corrected chi connectivity index (χ2v) is 3.39. The molecule has 1 aromatic carbocycles. The Hall–Kier alpha value is -1.07. The van der Waals surface area contributed by atoms with E-state index < -0.39 is 12.5 Å². The number of para-hydroxylation sites is 1. The van der Waals surface area contributed by atoms with Crippen LogP contribution in [0.1, 0.15) is 0 Å². The summed E-state index contributed by atoms with van der Waals surface area (Å²) in [6, 6.07) is 4.82. The van der Waals surface area contributed by atoms with Crippen LogP contribution in [-0.4, -0.2) is 24.2 Å². The van der Waals surface area contributed by atoms with Gasteiger partial charge >= 0.3 is 0 Å². The Kier molecular flexibility index (Phi) is 4.11. The number of hydrogen-bond acceptors (Lipinski definition) is 3. The number of nitrogens with two attached hydrogens (primary N) is 1. The zero-order chi connectivity index (χ0) is 11.4. The minimum absolute atomic E-state index is 0.276. The summed E-state index contributed by atoms with van der Waals surface area (Å²) in [4.78, 5) is 0. The zero-order valence-corrected chi connectivity index (χ0v) is 8.51. The Morgan fingerprint density at radius 2 is 2.13 bits per heavy atom. The maximum Gasteiger partial charge on any atom is 0.265 e. The van der Waals surface area contributed by atoms with Crippen molar-refractivity contribution in [2.24, 2.45) is 0 Å². The van der Waals surface area contributed by atoms with Gasteiger partial charge in [-0.3, -0.25) is 0 Å². The minimum atomic E-state index is -2.78. The first-order chi connectivity index (χ1) is 7.02. The van der Waals surface area contributed by atoms with Gasteiger partial charge in [-0.1, -0.05) is 17.7 Å². The molecular formula is C9H11ClF2N2O. The molecular weight excluding hydrogens is 226 g/mol. The standard InChI is InChI=1S/C9H11ClF2N2O/c10-5-2-1-3-6(8(5)13)14-4-7(15)9(11)12/h1-3,7,9,14-15H,4,13H2. The van der Waals surface area contributed by atoms with Gasteiger partial charge in [0.15, 0.2) is 0 Å². The van der Waals surface area contributed by atoms with E-state index >= 15 is 0 Å². The van der Waals surface area contributed by atoms with E-state index in [9.17, 15) is 8.78 Å². The van der Waals surface area contributed by atoms with Crippen LogP contribution in [0.15, 0.2) is 18.2 Å². The van der Waals surface area contributed by atoms with Gasteiger partial charge in [-0.15, -0.1) is 0 Å². The van der Waals surface area contributed by atoms with E-state index in [1.165, 1.54) is 0 Å². The SMILES string of the molecule is Nc1c(Cl)cccc1NCC(O)C(F)F. The van der Waals surface area contributed by atoms with Gasteiger partial charge < -0.3 is 16.2 Å². The molecule has 6 heteroatoms. The van der Waals surface area contributed by atoms with Crippen molar-refractivity contribution in [3.8, 4) is 0 Å². The molecule has 84 valence electrons. The monoisotopic (exact) mass is 236 g/mol. The molecule has 0 radical (unpaired) electrons. The van der Waals surface area contributed by atoms with Crippen molar-refractivity contribution in [1.29, 1.82) is 0 Å². The minimum Gasteiger partial charge on any atom is -0.396 e. The van der Waals surface area contributed by atoms with Crippen molar-refractivity contribution in [2.45, 2.75) is 12.5 Å². The maximum absolute atomic E-state index is 12.0. The first-order valence-electron chi connectivity index (χ1n) is 4.26. The summed E-state index contributed by atoms with van der Waals surface area (Å²) < 4.78 is 23.9. The van der Waals surface area contributed by atoms with Crippen molar-refractivity contribution in [3.05, 3.63) is 23.2 Å². The van der Waals surface area contributed by atoms with Gasteiger partial charge in [-0.25, -0.2) is 8.78 Å². The molecule has 1 aromatic rings. The molecule has 0 heterocycles. The Bertz CT molecular complexity index is 336. The first kappa shape index (κ1) is 12.0. The topological polar surface area (TPSA) is 58.3 Å². The molecule has 0 spiro atoms. The number of halogens is 3. The van der Waals surface area contributed by atoms with Gasteiger partial charge in [0, 0.05) is 6.54 Å². The van der Waals surface area contributed by atoms with Gasteiger partial charge in [0.1, 0.15) is 6.10 Å². The fourth-order valence-corrected chi connectivity index (χ4v) is 1.17. The highest BCUT2D eigenvalue weighted by atomic mass is 35.5. The number of alkyl halides is 2. The molecule has 4 N–H and O–H groups in total. The van der Waals surface area contributed by atoms with Gasteiger partial charge in [-0.05, 0) is 12.1 Å². The second kappa shape index (κ2) is 5.14. The third kappa shape index (κ3) is 3.21. The van der Waals surface area contributed by atoms with E-state index in [0.717, 1.165) is 0 Å². The van der Waals surface area contributed by atoms with Crippen LogP contribution in [-0.2, 0) is 0 Å². The fraction of sp³-hybridized carbons (Fsp3) is 0.333. The van der Waals surface area contributed by atoms with E-state index in [-0.39, 0.29) is 12.2 Å². The highest BCUT2D eigenvalue weighted by molar-refractivity contribution is 6.33. The number of nitrogen functional groups attached to an aromatic ring is 1. The zero-order valence-electron chi connectivity index (χ0n) is 7.75. The highest BCUT2D eigenvalue weighted by Crippen LogP contribution is 2.26. The third-order valence-corrected chi connectivity index (χ3v) is 2.18. The molecule has 0 aliphatic carbocycles. The van der Waals surface area contributed by atoms with Crippen molar-refractivity contribution in [2.75, 3.05) is 17.6 Å². The van der Waals surface area contributed by atoms with Crippen LogP contribution in [0.4, 0.5) is 20.2 Å². The van der Waals surface area contributed by atoms with Crippen molar-refractivity contribution in [1.82, 2.24) is 0 Å². The maximum atomic E-state index is 12.0. The predicted octanol–water partition coefficient (Wildman–Crippen LogP) is 1.96. The summed E-state index contributed by atoms with van der Waals surface area (Å²) >= 11 is 5.72. The van der Waals surface area contributed by atoms with Crippen LogP contribution in [0.3, 0.4) is 0 Å². The molecule has 1 unspecified atom stereocenters. The van der Waals surface area contributed by atoms with Crippen molar-refractivity contribution < 1.29 is 13.9 Å². The smallest absolute Gasteiger partial charge is 0.265 e. The molecule has 15 heavy (non-hydrogen) atoms. The molecule has 0 bridgehead atoms. The summed E-state index contributed by atoms with van der Waals surface area (Å²) in [5, 5.41) is 11.8. The lowest BCUT2D eigenvalue weighted by atomic mass is 10.2. The Labute approximate surface area is 90.8 Å². The van der Waals surface area contributed by atoms with E-state index in [1.54, 1.807) is 18.2 Å². The number of nitrogens with one attached hydrogen (secondary N) is 1. The lowest BCUT2D eigenvalue weighted by Crippen LogP contribution is -2.27. The summed E-state index contributed by atoms with van der Waals surface area (Å²) in [5.41, 5.74) is 6.29. The van der Waals surface area contributed by atoms with Crippen molar-refractivity contribution in [3.63, 3.8) is 0 Å². The number of aliphatic hydroxyl groups excluding tert-OH is 1. The molecule has 0 aliphatic heterocycles. The Morgan fingerprint density at radius 1 is 1.47 bits per heavy atom. The van der Waals surface area contributed by atoms with E-state index in [2.05, 4.69) is 5.32 Å². The average Bonchev–Trinajstić information content (AvgIpc) is 2.19. The molecule has 1 atom stereocenters. The van der Waals surface area contributed by atoms with Crippen LogP contribution in [0.5, 0.6) is 0 Å². The van der Waals surface area contributed by atoms with E-state index in [0.29, 0.717) is 10.7 Å². The average molecular weight is 237 g/mol. The summed E-state index contributed by atoms with van der Waals surface area (Å²) in [6.45, 7) is -0.276. The molecule has 0 aromatic heterocycles. The highest BCUT2D eigenvalue weighted by Gasteiger charge is 2.16. The summed E-state index contributed by atoms with van der Waals surface area (Å²) in [7, 11) is 0. The van der Waals surface area contributed by atoms with Crippen LogP contribution in [0, 0.1) is 0 Å². The van der Waals surface area contributed by atoms with Gasteiger partial charge in [0.05, 0.1) is 16.4 Å².